The Labute approximate surface area is 221 Å². The molecule has 14 heteroatoms. The number of thiocarbonyl (C=S) groups is 1. The van der Waals surface area contributed by atoms with E-state index in [4.69, 9.17) is 17.0 Å². The molecule has 194 valence electrons. The number of amides is 2. The molecule has 1 fully saturated rings. The lowest BCUT2D eigenvalue weighted by Crippen LogP contribution is -2.30. The summed E-state index contributed by atoms with van der Waals surface area (Å²) >= 11 is 6.60. The van der Waals surface area contributed by atoms with Gasteiger partial charge in [0.1, 0.15) is 15.8 Å². The van der Waals surface area contributed by atoms with Crippen molar-refractivity contribution in [2.45, 2.75) is 25.7 Å². The number of nitro benzene ring substituents is 2. The van der Waals surface area contributed by atoms with Crippen LogP contribution in [0, 0.1) is 20.2 Å². The molecule has 2 aromatic rings. The number of nitrogens with zero attached hydrogens (tertiary/aromatic N) is 3. The molecule has 12 nitrogen and oxygen atoms in total. The van der Waals surface area contributed by atoms with Crippen molar-refractivity contribution < 1.29 is 24.2 Å². The van der Waals surface area contributed by atoms with Gasteiger partial charge in [-0.15, -0.1) is 0 Å². The molecule has 0 radical (unpaired) electrons. The lowest BCUT2D eigenvalue weighted by Gasteiger charge is -2.14. The minimum absolute atomic E-state index is 0.0685. The third kappa shape index (κ3) is 7.47. The fraction of sp³-hybridized carbons (Fsp3) is 0.261. The topological polar surface area (TPSA) is 157 Å². The average Bonchev–Trinajstić information content (AvgIpc) is 3.14. The summed E-state index contributed by atoms with van der Waals surface area (Å²) in [5.74, 6) is 0.167. The normalized spacial score (nSPS) is 14.1. The molecule has 0 saturated carbocycles. The van der Waals surface area contributed by atoms with E-state index in [1.807, 2.05) is 24.3 Å². The van der Waals surface area contributed by atoms with Gasteiger partial charge in [-0.3, -0.25) is 45.6 Å². The molecular formula is C23H23N5O7S2. The van der Waals surface area contributed by atoms with E-state index in [2.05, 4.69) is 10.9 Å². The van der Waals surface area contributed by atoms with Gasteiger partial charge >= 0.3 is 5.69 Å². The molecule has 0 aromatic heterocycles. The zero-order valence-corrected chi connectivity index (χ0v) is 21.3. The fourth-order valence-corrected chi connectivity index (χ4v) is 4.67. The van der Waals surface area contributed by atoms with Crippen LogP contribution in [0.15, 0.2) is 47.4 Å². The summed E-state index contributed by atoms with van der Waals surface area (Å²) < 4.78 is 5.62. The van der Waals surface area contributed by atoms with E-state index in [-0.39, 0.29) is 18.0 Å². The molecule has 2 N–H and O–H groups in total. The zero-order valence-electron chi connectivity index (χ0n) is 19.7. The maximum atomic E-state index is 12.7. The van der Waals surface area contributed by atoms with Crippen LogP contribution in [0.5, 0.6) is 5.75 Å². The van der Waals surface area contributed by atoms with Gasteiger partial charge in [0.05, 0.1) is 27.9 Å². The number of methoxy groups -OCH3 is 1. The molecule has 1 aliphatic heterocycles. The van der Waals surface area contributed by atoms with E-state index in [1.165, 1.54) is 11.8 Å². The van der Waals surface area contributed by atoms with E-state index >= 15 is 0 Å². The number of anilines is 1. The first-order chi connectivity index (χ1) is 17.7. The van der Waals surface area contributed by atoms with Gasteiger partial charge in [-0.2, -0.15) is 0 Å². The van der Waals surface area contributed by atoms with Gasteiger partial charge in [-0.25, -0.2) is 0 Å². The van der Waals surface area contributed by atoms with Crippen molar-refractivity contribution in [3.63, 3.8) is 0 Å². The number of hydrogen-bond donors (Lipinski definition) is 2. The highest BCUT2D eigenvalue weighted by atomic mass is 32.2. The molecule has 0 bridgehead atoms. The highest BCUT2D eigenvalue weighted by Crippen LogP contribution is 2.33. The number of carbonyl (C=O) groups is 2. The first kappa shape index (κ1) is 27.5. The lowest BCUT2D eigenvalue weighted by atomic mass is 10.1. The van der Waals surface area contributed by atoms with Crippen LogP contribution in [-0.2, 0) is 9.59 Å². The summed E-state index contributed by atoms with van der Waals surface area (Å²) in [5.41, 5.74) is 4.63. The quantitative estimate of drug-likeness (QED) is 0.129. The van der Waals surface area contributed by atoms with Crippen molar-refractivity contribution in [3.05, 3.63) is 73.2 Å². The highest BCUT2D eigenvalue weighted by Gasteiger charge is 2.31. The lowest BCUT2D eigenvalue weighted by molar-refractivity contribution is -0.393. The molecule has 0 unspecified atom stereocenters. The number of hydrazine groups is 1. The molecule has 1 aliphatic rings. The van der Waals surface area contributed by atoms with Crippen molar-refractivity contribution in [2.24, 2.45) is 0 Å². The first-order valence-corrected chi connectivity index (χ1v) is 12.3. The maximum absolute atomic E-state index is 12.7. The molecule has 2 amide bonds. The minimum atomic E-state index is -0.776. The van der Waals surface area contributed by atoms with Crippen LogP contribution >= 0.6 is 24.0 Å². The Balaban J connectivity index is 1.41. The summed E-state index contributed by atoms with van der Waals surface area (Å²) in [7, 11) is 1.58. The maximum Gasteiger partial charge on any atom is 0.300 e. The summed E-state index contributed by atoms with van der Waals surface area (Å²) in [5, 5.41) is 22.0. The largest absolute Gasteiger partial charge is 0.497 e. The molecule has 1 saturated heterocycles. The molecule has 0 atom stereocenters. The number of nitrogens with one attached hydrogen (secondary N) is 2. The third-order valence-electron chi connectivity index (χ3n) is 5.30. The van der Waals surface area contributed by atoms with Crippen molar-refractivity contribution in [1.82, 2.24) is 10.3 Å². The van der Waals surface area contributed by atoms with Crippen molar-refractivity contribution in [2.75, 3.05) is 19.1 Å². The van der Waals surface area contributed by atoms with E-state index in [0.717, 1.165) is 29.5 Å². The Morgan fingerprint density at radius 1 is 1.11 bits per heavy atom. The van der Waals surface area contributed by atoms with E-state index in [1.54, 1.807) is 18.1 Å². The predicted molar refractivity (Wildman–Crippen MR) is 143 cm³/mol. The molecule has 3 rings (SSSR count). The van der Waals surface area contributed by atoms with Gasteiger partial charge in [0.15, 0.2) is 0 Å². The summed E-state index contributed by atoms with van der Waals surface area (Å²) in [6, 6.07) is 10.4. The Morgan fingerprint density at radius 2 is 1.84 bits per heavy atom. The predicted octanol–water partition coefficient (Wildman–Crippen LogP) is 4.42. The number of hydrogen-bond acceptors (Lipinski definition) is 10. The van der Waals surface area contributed by atoms with Crippen molar-refractivity contribution in [1.29, 1.82) is 0 Å². The number of nitro groups is 2. The zero-order chi connectivity index (χ0) is 26.9. The Hall–Kier alpha value is -4.04. The molecule has 0 spiro atoms. The van der Waals surface area contributed by atoms with Crippen molar-refractivity contribution >= 4 is 63.3 Å². The number of carbonyl (C=O) groups excluding carboxylic acids is 2. The Kier molecular flexibility index (Phi) is 9.51. The van der Waals surface area contributed by atoms with Crippen LogP contribution < -0.4 is 15.6 Å². The molecule has 37 heavy (non-hydrogen) atoms. The van der Waals surface area contributed by atoms with Gasteiger partial charge in [0.2, 0.25) is 5.91 Å². The standard InChI is InChI=1S/C23H23N5O7S2/c1-35-17-9-6-15(7-10-17)13-20-22(30)26(23(36)37-20)12-4-2-3-5-21(29)25-24-18-11-8-16(27(31)32)14-19(18)28(33)34/h6-11,13-14,24H,2-5,12H2,1H3,(H,25,29). The van der Waals surface area contributed by atoms with Crippen molar-refractivity contribution in [3.8, 4) is 5.75 Å². The highest BCUT2D eigenvalue weighted by molar-refractivity contribution is 8.26. The third-order valence-corrected chi connectivity index (χ3v) is 6.68. The van der Waals surface area contributed by atoms with E-state index in [9.17, 15) is 29.8 Å². The summed E-state index contributed by atoms with van der Waals surface area (Å²) in [6.45, 7) is 0.430. The van der Waals surface area contributed by atoms with Gasteiger partial charge in [0.25, 0.3) is 11.6 Å². The summed E-state index contributed by atoms with van der Waals surface area (Å²) in [4.78, 5) is 47.4. The van der Waals surface area contributed by atoms with E-state index in [0.29, 0.717) is 35.0 Å². The van der Waals surface area contributed by atoms with Gasteiger partial charge < -0.3 is 4.74 Å². The van der Waals surface area contributed by atoms with Crippen LogP contribution in [0.1, 0.15) is 31.2 Å². The first-order valence-electron chi connectivity index (χ1n) is 11.1. The summed E-state index contributed by atoms with van der Waals surface area (Å²) in [6.07, 6.45) is 3.73. The average molecular weight is 546 g/mol. The number of ether oxygens (including phenoxy) is 1. The fourth-order valence-electron chi connectivity index (χ4n) is 3.37. The van der Waals surface area contributed by atoms with Gasteiger partial charge in [-0.05, 0) is 42.7 Å². The van der Waals surface area contributed by atoms with Gasteiger partial charge in [-0.1, -0.05) is 42.5 Å². The second-order valence-electron chi connectivity index (χ2n) is 7.81. The van der Waals surface area contributed by atoms with Crippen LogP contribution in [0.3, 0.4) is 0 Å². The molecule has 0 aliphatic carbocycles. The number of rotatable bonds is 12. The number of thioether (sulfide) groups is 1. The smallest absolute Gasteiger partial charge is 0.300 e. The molecular weight excluding hydrogens is 522 g/mol. The van der Waals surface area contributed by atoms with Crippen LogP contribution in [-0.4, -0.2) is 44.5 Å². The number of non-ortho nitro benzene ring substituents is 1. The van der Waals surface area contributed by atoms with Crippen LogP contribution in [0.4, 0.5) is 17.1 Å². The number of benzene rings is 2. The van der Waals surface area contributed by atoms with Crippen LogP contribution in [0.25, 0.3) is 6.08 Å². The Bertz CT molecular complexity index is 1250. The Morgan fingerprint density at radius 3 is 2.49 bits per heavy atom. The monoisotopic (exact) mass is 545 g/mol. The second-order valence-corrected chi connectivity index (χ2v) is 9.48. The second kappa shape index (κ2) is 12.8. The molecule has 2 aromatic carbocycles. The number of unbranched alkanes of at least 4 members (excludes halogenated alkanes) is 2. The van der Waals surface area contributed by atoms with Gasteiger partial charge in [0, 0.05) is 19.0 Å². The SMILES string of the molecule is COc1ccc(C=C2SC(=S)N(CCCCCC(=O)NNc3ccc([N+](=O)[O-])cc3[N+](=O)[O-])C2=O)cc1. The minimum Gasteiger partial charge on any atom is -0.497 e. The molecule has 1 heterocycles. The van der Waals surface area contributed by atoms with Crippen LogP contribution in [0.2, 0.25) is 0 Å². The van der Waals surface area contributed by atoms with E-state index < -0.39 is 27.1 Å².